The van der Waals surface area contributed by atoms with Gasteiger partial charge in [0.1, 0.15) is 0 Å². The van der Waals surface area contributed by atoms with Gasteiger partial charge in [0.15, 0.2) is 0 Å². The zero-order chi connectivity index (χ0) is 21.4. The van der Waals surface area contributed by atoms with Gasteiger partial charge in [-0.3, -0.25) is 4.79 Å². The smallest absolute Gasteiger partial charge is 0.251 e. The van der Waals surface area contributed by atoms with Crippen LogP contribution in [0.4, 0.5) is 5.69 Å². The summed E-state index contributed by atoms with van der Waals surface area (Å²) in [7, 11) is 0. The number of benzene rings is 2. The van der Waals surface area contributed by atoms with Crippen molar-refractivity contribution in [1.29, 1.82) is 0 Å². The highest BCUT2D eigenvalue weighted by Gasteiger charge is 2.35. The fourth-order valence-electron chi connectivity index (χ4n) is 5.35. The molecule has 4 rings (SSSR count). The molecule has 0 aromatic heterocycles. The van der Waals surface area contributed by atoms with Crippen LogP contribution in [0.25, 0.3) is 11.1 Å². The number of fused-ring (bicyclic) bond motifs is 1. The molecule has 0 heterocycles. The minimum Gasteiger partial charge on any atom is -0.366 e. The number of hydrogen-bond donors (Lipinski definition) is 2. The van der Waals surface area contributed by atoms with Crippen molar-refractivity contribution in [3.63, 3.8) is 0 Å². The number of rotatable bonds is 7. The Morgan fingerprint density at radius 1 is 1.30 bits per heavy atom. The van der Waals surface area contributed by atoms with Crippen molar-refractivity contribution < 1.29 is 4.79 Å². The van der Waals surface area contributed by atoms with E-state index < -0.39 is 5.91 Å². The van der Waals surface area contributed by atoms with Crippen LogP contribution in [0.15, 0.2) is 37.0 Å². The van der Waals surface area contributed by atoms with Crippen LogP contribution in [0.1, 0.15) is 90.4 Å². The van der Waals surface area contributed by atoms with Crippen LogP contribution >= 0.6 is 0 Å². The first kappa shape index (κ1) is 20.7. The summed E-state index contributed by atoms with van der Waals surface area (Å²) < 4.78 is 0. The highest BCUT2D eigenvalue weighted by atomic mass is 16.1. The molecular weight excluding hydrogens is 368 g/mol. The summed E-state index contributed by atoms with van der Waals surface area (Å²) in [6.07, 6.45) is 9.22. The molecule has 30 heavy (non-hydrogen) atoms. The Labute approximate surface area is 180 Å². The summed E-state index contributed by atoms with van der Waals surface area (Å²) in [5, 5.41) is 3.25. The summed E-state index contributed by atoms with van der Waals surface area (Å²) in [6, 6.07) is 9.22. The number of primary amides is 1. The lowest BCUT2D eigenvalue weighted by Crippen LogP contribution is -2.18. The Balaban J connectivity index is 1.93. The first-order chi connectivity index (χ1) is 14.5. The molecule has 2 atom stereocenters. The van der Waals surface area contributed by atoms with Gasteiger partial charge in [0.25, 0.3) is 5.91 Å². The number of amides is 1. The number of carbonyl (C=O) groups excluding carboxylic acids is 1. The Morgan fingerprint density at radius 3 is 2.70 bits per heavy atom. The van der Waals surface area contributed by atoms with E-state index in [4.69, 9.17) is 5.73 Å². The second-order valence-electron chi connectivity index (χ2n) is 9.18. The average molecular weight is 403 g/mol. The van der Waals surface area contributed by atoms with Gasteiger partial charge in [0.05, 0.1) is 11.3 Å². The SMILES string of the molecule is C=CNc1c(C(N)=O)c(C)cc(-c2ccc3c(c2)C(C2CC2)CCC3)c1C(C)CC. The third-order valence-corrected chi connectivity index (χ3v) is 7.17. The summed E-state index contributed by atoms with van der Waals surface area (Å²) in [4.78, 5) is 12.3. The number of nitrogens with one attached hydrogen (secondary N) is 1. The number of anilines is 1. The van der Waals surface area contributed by atoms with Gasteiger partial charge in [-0.15, -0.1) is 0 Å². The third kappa shape index (κ3) is 3.66. The van der Waals surface area contributed by atoms with Crippen LogP contribution in [0, 0.1) is 12.8 Å². The number of aryl methyl sites for hydroxylation is 2. The molecule has 0 aliphatic heterocycles. The molecule has 158 valence electrons. The Bertz CT molecular complexity index is 987. The first-order valence-electron chi connectivity index (χ1n) is 11.4. The van der Waals surface area contributed by atoms with E-state index >= 15 is 0 Å². The van der Waals surface area contributed by atoms with Crippen molar-refractivity contribution >= 4 is 11.6 Å². The van der Waals surface area contributed by atoms with Gasteiger partial charge in [-0.25, -0.2) is 0 Å². The molecule has 3 N–H and O–H groups in total. The topological polar surface area (TPSA) is 55.1 Å². The van der Waals surface area contributed by atoms with Gasteiger partial charge in [-0.05, 0) is 103 Å². The quantitative estimate of drug-likeness (QED) is 0.544. The molecule has 1 saturated carbocycles. The maximum absolute atomic E-state index is 12.3. The molecular formula is C27H34N2O. The first-order valence-corrected chi connectivity index (χ1v) is 11.4. The number of nitrogens with two attached hydrogens (primary N) is 1. The van der Waals surface area contributed by atoms with Crippen LogP contribution < -0.4 is 11.1 Å². The third-order valence-electron chi connectivity index (χ3n) is 7.17. The van der Waals surface area contributed by atoms with Gasteiger partial charge in [0.2, 0.25) is 0 Å². The van der Waals surface area contributed by atoms with Crippen molar-refractivity contribution in [3.8, 4) is 11.1 Å². The Kier molecular flexibility index (Phi) is 5.73. The van der Waals surface area contributed by atoms with Crippen LogP contribution in [0.2, 0.25) is 0 Å². The van der Waals surface area contributed by atoms with Gasteiger partial charge in [0, 0.05) is 0 Å². The van der Waals surface area contributed by atoms with Crippen LogP contribution in [0.5, 0.6) is 0 Å². The Hall–Kier alpha value is -2.55. The van der Waals surface area contributed by atoms with Crippen molar-refractivity contribution in [2.24, 2.45) is 11.7 Å². The van der Waals surface area contributed by atoms with E-state index in [0.29, 0.717) is 5.56 Å². The monoisotopic (exact) mass is 402 g/mol. The van der Waals surface area contributed by atoms with Crippen LogP contribution in [-0.4, -0.2) is 5.91 Å². The predicted molar refractivity (Wildman–Crippen MR) is 126 cm³/mol. The molecule has 0 bridgehead atoms. The van der Waals surface area contributed by atoms with Crippen LogP contribution in [0.3, 0.4) is 0 Å². The zero-order valence-electron chi connectivity index (χ0n) is 18.6. The van der Waals surface area contributed by atoms with E-state index in [2.05, 4.69) is 50.0 Å². The summed E-state index contributed by atoms with van der Waals surface area (Å²) in [5.74, 6) is 1.49. The highest BCUT2D eigenvalue weighted by molar-refractivity contribution is 6.02. The molecule has 2 unspecified atom stereocenters. The summed E-state index contributed by atoms with van der Waals surface area (Å²) in [6.45, 7) is 10.2. The summed E-state index contributed by atoms with van der Waals surface area (Å²) >= 11 is 0. The number of hydrogen-bond acceptors (Lipinski definition) is 2. The van der Waals surface area contributed by atoms with E-state index in [0.717, 1.165) is 35.1 Å². The Morgan fingerprint density at radius 2 is 2.07 bits per heavy atom. The average Bonchev–Trinajstić information content (AvgIpc) is 3.57. The minimum atomic E-state index is -0.396. The molecule has 1 fully saturated rings. The van der Waals surface area contributed by atoms with E-state index in [9.17, 15) is 4.79 Å². The maximum atomic E-state index is 12.3. The molecule has 2 aliphatic carbocycles. The second kappa shape index (κ2) is 8.29. The van der Waals surface area contributed by atoms with E-state index in [-0.39, 0.29) is 5.92 Å². The molecule has 0 saturated heterocycles. The van der Waals surface area contributed by atoms with Gasteiger partial charge in [-0.1, -0.05) is 44.7 Å². The molecule has 3 heteroatoms. The summed E-state index contributed by atoms with van der Waals surface area (Å²) in [5.41, 5.74) is 14.8. The van der Waals surface area contributed by atoms with Crippen molar-refractivity contribution in [3.05, 3.63) is 64.9 Å². The van der Waals surface area contributed by atoms with Crippen molar-refractivity contribution in [2.75, 3.05) is 5.32 Å². The molecule has 1 amide bonds. The van der Waals surface area contributed by atoms with Crippen molar-refractivity contribution in [1.82, 2.24) is 0 Å². The highest BCUT2D eigenvalue weighted by Crippen LogP contribution is 2.49. The molecule has 0 radical (unpaired) electrons. The van der Waals surface area contributed by atoms with E-state index in [1.165, 1.54) is 48.8 Å². The van der Waals surface area contributed by atoms with Gasteiger partial charge < -0.3 is 11.1 Å². The zero-order valence-corrected chi connectivity index (χ0v) is 18.6. The largest absolute Gasteiger partial charge is 0.366 e. The van der Waals surface area contributed by atoms with Gasteiger partial charge in [-0.2, -0.15) is 0 Å². The lowest BCUT2D eigenvalue weighted by atomic mass is 9.77. The molecule has 3 nitrogen and oxygen atoms in total. The van der Waals surface area contributed by atoms with E-state index in [1.807, 2.05) is 6.92 Å². The number of carbonyl (C=O) groups is 1. The normalized spacial score (nSPS) is 19.1. The van der Waals surface area contributed by atoms with Gasteiger partial charge >= 0.3 is 0 Å². The molecule has 2 aliphatic rings. The molecule has 2 aromatic carbocycles. The molecule has 0 spiro atoms. The fraction of sp³-hybridized carbons (Fsp3) is 0.444. The minimum absolute atomic E-state index is 0.288. The fourth-order valence-corrected chi connectivity index (χ4v) is 5.35. The van der Waals surface area contributed by atoms with E-state index in [1.54, 1.807) is 11.8 Å². The van der Waals surface area contributed by atoms with Crippen molar-refractivity contribution in [2.45, 2.75) is 71.1 Å². The standard InChI is InChI=1S/C27H34N2O/c1-5-16(3)24-23(14-17(4)25(27(28)30)26(24)29-6-2)20-13-12-18-8-7-9-21(19-10-11-19)22(18)15-20/h6,12-16,19,21,29H,2,5,7-11H2,1,3-4H3,(H2,28,30). The predicted octanol–water partition coefficient (Wildman–Crippen LogP) is 6.66. The second-order valence-corrected chi connectivity index (χ2v) is 9.18. The van der Waals surface area contributed by atoms with Crippen LogP contribution in [-0.2, 0) is 6.42 Å². The maximum Gasteiger partial charge on any atom is 0.251 e. The lowest BCUT2D eigenvalue weighted by Gasteiger charge is -2.28. The molecule has 2 aromatic rings. The lowest BCUT2D eigenvalue weighted by molar-refractivity contribution is 0.100.